The van der Waals surface area contributed by atoms with Gasteiger partial charge in [0.2, 0.25) is 0 Å². The lowest BCUT2D eigenvalue weighted by molar-refractivity contribution is 0.669. The molecule has 0 radical (unpaired) electrons. The highest BCUT2D eigenvalue weighted by Crippen LogP contribution is 2.34. The molecule has 0 fully saturated rings. The Morgan fingerprint density at radius 1 is 0.952 bits per heavy atom. The molecule has 0 saturated carbocycles. The van der Waals surface area contributed by atoms with Gasteiger partial charge >= 0.3 is 0 Å². The smallest absolute Gasteiger partial charge is 0.0545 e. The second-order valence-corrected chi connectivity index (χ2v) is 6.58. The number of halogens is 2. The summed E-state index contributed by atoms with van der Waals surface area (Å²) in [7, 11) is 0. The number of thioether (sulfide) groups is 1. The maximum absolute atomic E-state index is 6.37. The van der Waals surface area contributed by atoms with Crippen LogP contribution in [-0.4, -0.2) is 6.54 Å². The van der Waals surface area contributed by atoms with Crippen LogP contribution in [0, 0.1) is 0 Å². The lowest BCUT2D eigenvalue weighted by Crippen LogP contribution is -2.14. The van der Waals surface area contributed by atoms with Crippen LogP contribution in [0.4, 0.5) is 0 Å². The van der Waals surface area contributed by atoms with E-state index < -0.39 is 0 Å². The van der Waals surface area contributed by atoms with Crippen LogP contribution in [0.3, 0.4) is 0 Å². The summed E-state index contributed by atoms with van der Waals surface area (Å²) in [4.78, 5) is 1.14. The van der Waals surface area contributed by atoms with Crippen molar-refractivity contribution in [3.63, 3.8) is 0 Å². The van der Waals surface area contributed by atoms with Gasteiger partial charge in [0, 0.05) is 22.2 Å². The Morgan fingerprint density at radius 3 is 2.43 bits per heavy atom. The average molecular weight is 340 g/mol. The first-order valence-electron chi connectivity index (χ1n) is 7.06. The van der Waals surface area contributed by atoms with Crippen molar-refractivity contribution in [2.75, 3.05) is 6.54 Å². The van der Waals surface area contributed by atoms with Gasteiger partial charge < -0.3 is 5.32 Å². The molecule has 4 heteroatoms. The highest BCUT2D eigenvalue weighted by molar-refractivity contribution is 7.98. The number of hydrogen-bond acceptors (Lipinski definition) is 2. The van der Waals surface area contributed by atoms with Crippen molar-refractivity contribution in [3.05, 3.63) is 63.6 Å². The minimum Gasteiger partial charge on any atom is -0.313 e. The van der Waals surface area contributed by atoms with Crippen molar-refractivity contribution in [3.8, 4) is 0 Å². The van der Waals surface area contributed by atoms with Gasteiger partial charge in [-0.2, -0.15) is 0 Å². The topological polar surface area (TPSA) is 12.0 Å². The van der Waals surface area contributed by atoms with Crippen LogP contribution in [0.15, 0.2) is 47.4 Å². The van der Waals surface area contributed by atoms with E-state index in [1.807, 2.05) is 30.3 Å². The van der Waals surface area contributed by atoms with Gasteiger partial charge in [-0.05, 0) is 36.2 Å². The molecule has 0 amide bonds. The second kappa shape index (κ2) is 8.70. The van der Waals surface area contributed by atoms with E-state index in [9.17, 15) is 0 Å². The minimum atomic E-state index is 0.808. The SMILES string of the molecule is CCCNCc1cccc(Cl)c1SCc1ccccc1Cl. The molecule has 0 aliphatic carbocycles. The van der Waals surface area contributed by atoms with Gasteiger partial charge in [-0.1, -0.05) is 60.5 Å². The van der Waals surface area contributed by atoms with E-state index in [2.05, 4.69) is 24.4 Å². The Labute approximate surface area is 141 Å². The van der Waals surface area contributed by atoms with Crippen LogP contribution in [-0.2, 0) is 12.3 Å². The maximum atomic E-state index is 6.37. The molecule has 21 heavy (non-hydrogen) atoms. The van der Waals surface area contributed by atoms with E-state index >= 15 is 0 Å². The van der Waals surface area contributed by atoms with Gasteiger partial charge in [-0.3, -0.25) is 0 Å². The van der Waals surface area contributed by atoms with Gasteiger partial charge in [0.1, 0.15) is 0 Å². The van der Waals surface area contributed by atoms with Crippen LogP contribution in [0.5, 0.6) is 0 Å². The van der Waals surface area contributed by atoms with E-state index in [-0.39, 0.29) is 0 Å². The Kier molecular flexibility index (Phi) is 6.91. The van der Waals surface area contributed by atoms with Crippen LogP contribution in [0.1, 0.15) is 24.5 Å². The fraction of sp³-hybridized carbons (Fsp3) is 0.294. The zero-order valence-corrected chi connectivity index (χ0v) is 14.4. The third kappa shape index (κ3) is 4.93. The summed E-state index contributed by atoms with van der Waals surface area (Å²) in [5.74, 6) is 0.824. The first-order valence-corrected chi connectivity index (χ1v) is 8.80. The maximum Gasteiger partial charge on any atom is 0.0545 e. The summed E-state index contributed by atoms with van der Waals surface area (Å²) < 4.78 is 0. The summed E-state index contributed by atoms with van der Waals surface area (Å²) in [6.07, 6.45) is 1.13. The van der Waals surface area contributed by atoms with Crippen LogP contribution in [0.25, 0.3) is 0 Å². The highest BCUT2D eigenvalue weighted by atomic mass is 35.5. The van der Waals surface area contributed by atoms with Crippen LogP contribution < -0.4 is 5.32 Å². The highest BCUT2D eigenvalue weighted by Gasteiger charge is 2.09. The molecule has 0 aliphatic rings. The molecule has 1 N–H and O–H groups in total. The number of benzene rings is 2. The molecule has 0 aliphatic heterocycles. The molecule has 2 aromatic rings. The van der Waals surface area contributed by atoms with Gasteiger partial charge in [0.05, 0.1) is 5.02 Å². The Bertz CT molecular complexity index is 587. The lowest BCUT2D eigenvalue weighted by Gasteiger charge is -2.12. The van der Waals surface area contributed by atoms with E-state index in [0.29, 0.717) is 0 Å². The number of nitrogens with one attached hydrogen (secondary N) is 1. The van der Waals surface area contributed by atoms with Gasteiger partial charge in [-0.25, -0.2) is 0 Å². The van der Waals surface area contributed by atoms with Crippen molar-refractivity contribution in [1.82, 2.24) is 5.32 Å². The Morgan fingerprint density at radius 2 is 1.67 bits per heavy atom. The molecular weight excluding hydrogens is 321 g/mol. The standard InChI is InChI=1S/C17H19Cl2NS/c1-2-10-20-11-13-7-5-9-16(19)17(13)21-12-14-6-3-4-8-15(14)18/h3-9,20H,2,10-12H2,1H3. The largest absolute Gasteiger partial charge is 0.313 e. The predicted molar refractivity (Wildman–Crippen MR) is 94.5 cm³/mol. The van der Waals surface area contributed by atoms with Crippen molar-refractivity contribution in [2.45, 2.75) is 30.5 Å². The summed E-state index contributed by atoms with van der Waals surface area (Å²) in [5, 5.41) is 5.05. The molecule has 0 atom stereocenters. The average Bonchev–Trinajstić information content (AvgIpc) is 2.48. The molecule has 2 rings (SSSR count). The fourth-order valence-electron chi connectivity index (χ4n) is 2.02. The second-order valence-electron chi connectivity index (χ2n) is 4.78. The fourth-order valence-corrected chi connectivity index (χ4v) is 3.74. The zero-order valence-electron chi connectivity index (χ0n) is 12.0. The molecule has 1 nitrogen and oxygen atoms in total. The zero-order chi connectivity index (χ0) is 15.1. The monoisotopic (exact) mass is 339 g/mol. The molecule has 0 aromatic heterocycles. The molecule has 0 heterocycles. The third-order valence-corrected chi connectivity index (χ3v) is 5.14. The quantitative estimate of drug-likeness (QED) is 0.506. The van der Waals surface area contributed by atoms with Gasteiger partial charge in [-0.15, -0.1) is 11.8 Å². The summed E-state index contributed by atoms with van der Waals surface area (Å²) >= 11 is 14.3. The van der Waals surface area contributed by atoms with E-state index in [4.69, 9.17) is 23.2 Å². The molecule has 0 spiro atoms. The van der Waals surface area contributed by atoms with Crippen LogP contribution >= 0.6 is 35.0 Å². The minimum absolute atomic E-state index is 0.808. The number of rotatable bonds is 7. The Balaban J connectivity index is 2.09. The molecule has 0 unspecified atom stereocenters. The van der Waals surface area contributed by atoms with Crippen molar-refractivity contribution in [1.29, 1.82) is 0 Å². The van der Waals surface area contributed by atoms with Crippen LogP contribution in [0.2, 0.25) is 10.0 Å². The van der Waals surface area contributed by atoms with E-state index in [0.717, 1.165) is 45.8 Å². The predicted octanol–water partition coefficient (Wildman–Crippen LogP) is 5.79. The van der Waals surface area contributed by atoms with Crippen molar-refractivity contribution >= 4 is 35.0 Å². The molecule has 0 saturated heterocycles. The van der Waals surface area contributed by atoms with Crippen molar-refractivity contribution in [2.24, 2.45) is 0 Å². The molecule has 2 aromatic carbocycles. The lowest BCUT2D eigenvalue weighted by atomic mass is 10.2. The first kappa shape index (κ1) is 16.7. The summed E-state index contributed by atoms with van der Waals surface area (Å²) in [6, 6.07) is 14.0. The van der Waals surface area contributed by atoms with E-state index in [1.54, 1.807) is 11.8 Å². The number of hydrogen-bond donors (Lipinski definition) is 1. The van der Waals surface area contributed by atoms with Gasteiger partial charge in [0.15, 0.2) is 0 Å². The third-order valence-electron chi connectivity index (χ3n) is 3.12. The summed E-state index contributed by atoms with van der Waals surface area (Å²) in [5.41, 5.74) is 2.38. The molecule has 112 valence electrons. The van der Waals surface area contributed by atoms with E-state index in [1.165, 1.54) is 5.56 Å². The normalized spacial score (nSPS) is 10.8. The summed E-state index contributed by atoms with van der Waals surface area (Å²) in [6.45, 7) is 4.03. The van der Waals surface area contributed by atoms with Crippen molar-refractivity contribution < 1.29 is 0 Å². The van der Waals surface area contributed by atoms with Gasteiger partial charge in [0.25, 0.3) is 0 Å². The first-order chi connectivity index (χ1) is 10.2. The molecule has 0 bridgehead atoms. The Hall–Kier alpha value is -0.670. The molecular formula is C17H19Cl2NS.